The number of benzene rings is 11. The fourth-order valence-corrected chi connectivity index (χ4v) is 15.2. The molecule has 148 heavy (non-hydrogen) atoms. The highest BCUT2D eigenvalue weighted by atomic mass is 35.5. The second-order valence-corrected chi connectivity index (χ2v) is 39.0. The van der Waals surface area contributed by atoms with Crippen LogP contribution in [0.4, 0.5) is 104 Å². The third-order valence-electron chi connectivity index (χ3n) is 17.8. The lowest BCUT2D eigenvalue weighted by Crippen LogP contribution is -2.35. The highest BCUT2D eigenvalue weighted by Crippen LogP contribution is 2.31. The Balaban J connectivity index is 0.000000557. The van der Waals surface area contributed by atoms with Crippen molar-refractivity contribution in [2.75, 3.05) is 121 Å². The first-order valence-electron chi connectivity index (χ1n) is 46.5. The van der Waals surface area contributed by atoms with Crippen LogP contribution in [0.3, 0.4) is 0 Å². The smallest absolute Gasteiger partial charge is 0.416 e. The number of carbonyl (C=O) groups is 7. The first-order chi connectivity index (χ1) is 69.8. The lowest BCUT2D eigenvalue weighted by Gasteiger charge is -2.11. The zero-order valence-corrected chi connectivity index (χ0v) is 90.6. The number of alkyl carbamates (subject to hydrolysis) is 1. The van der Waals surface area contributed by atoms with Crippen LogP contribution in [0.1, 0.15) is 129 Å². The Bertz CT molecular complexity index is 6320. The van der Waals surface area contributed by atoms with Gasteiger partial charge in [0.2, 0.25) is 15.9 Å². The molecule has 0 fully saturated rings. The Labute approximate surface area is 873 Å². The number of hydrogen-bond acceptors (Lipinski definition) is 20. The molecule has 0 radical (unpaired) electrons. The normalized spacial score (nSPS) is 10.5. The Kier molecular flexibility index (Phi) is 61.7. The number of imide groups is 1. The van der Waals surface area contributed by atoms with Gasteiger partial charge in [-0.2, -0.15) is 47.9 Å². The summed E-state index contributed by atoms with van der Waals surface area (Å²) in [6, 6.07) is 76.7. The molecule has 0 saturated carbocycles. The summed E-state index contributed by atoms with van der Waals surface area (Å²) in [6.45, 7) is 33.9. The maximum atomic E-state index is 12.6. The Hall–Kier alpha value is -14.4. The molecule has 0 aliphatic heterocycles. The van der Waals surface area contributed by atoms with Gasteiger partial charge in [-0.3, -0.25) is 39.6 Å². The largest absolute Gasteiger partial charge is 0.450 e. The number of carbonyl (C=O) groups excluding carboxylic acids is 7. The number of ether oxygens (including phenoxy) is 5. The van der Waals surface area contributed by atoms with Crippen LogP contribution in [0, 0.1) is 69.2 Å². The molecule has 35 nitrogen and oxygen atoms in total. The summed E-state index contributed by atoms with van der Waals surface area (Å²) in [6.07, 6.45) is -4.54. The molecule has 43 heteroatoms. The van der Waals surface area contributed by atoms with Gasteiger partial charge in [-0.15, -0.1) is 11.6 Å². The van der Waals surface area contributed by atoms with Crippen molar-refractivity contribution >= 4 is 157 Å². The van der Waals surface area contributed by atoms with Gasteiger partial charge in [0.05, 0.1) is 37.0 Å². The first kappa shape index (κ1) is 130. The molecule has 0 spiro atoms. The summed E-state index contributed by atoms with van der Waals surface area (Å²) < 4.78 is 169. The number of sulfonamides is 1. The molecule has 15 N–H and O–H groups in total. The summed E-state index contributed by atoms with van der Waals surface area (Å²) >= 11 is 5.37. The summed E-state index contributed by atoms with van der Waals surface area (Å²) in [4.78, 5) is 78.4. The predicted molar refractivity (Wildman–Crippen MR) is 588 cm³/mol. The van der Waals surface area contributed by atoms with Crippen molar-refractivity contribution in [3.05, 3.63) is 328 Å². The number of urea groups is 2. The number of anilines is 11. The molecule has 0 saturated heterocycles. The summed E-state index contributed by atoms with van der Waals surface area (Å²) in [5, 5.41) is 20.1. The quantitative estimate of drug-likeness (QED) is 0.0109. The molecular formula is C105H139ClF3N15O20S4. The first-order valence-corrected chi connectivity index (χ1v) is 53.1. The van der Waals surface area contributed by atoms with Gasteiger partial charge in [0.25, 0.3) is 30.6 Å². The van der Waals surface area contributed by atoms with Gasteiger partial charge < -0.3 is 45.0 Å². The molecule has 11 rings (SSSR count). The summed E-state index contributed by atoms with van der Waals surface area (Å²) in [5.41, 5.74) is 16.5. The average Bonchev–Trinajstić information content (AvgIpc) is 0.846. The van der Waals surface area contributed by atoms with E-state index >= 15 is 0 Å². The van der Waals surface area contributed by atoms with E-state index in [4.69, 9.17) is 30.5 Å². The molecule has 0 aliphatic rings. The minimum absolute atomic E-state index is 0.0561. The second-order valence-electron chi connectivity index (χ2n) is 32.2. The van der Waals surface area contributed by atoms with Crippen LogP contribution in [0.5, 0.6) is 0 Å². The van der Waals surface area contributed by atoms with Crippen molar-refractivity contribution in [2.45, 2.75) is 149 Å². The third-order valence-corrected chi connectivity index (χ3v) is 22.9. The average molecular weight is 2150 g/mol. The number of methoxy groups -OCH3 is 1. The number of hydrogen-bond donors (Lipinski definition) is 15. The molecule has 0 aromatic heterocycles. The van der Waals surface area contributed by atoms with Crippen LogP contribution in [0.15, 0.2) is 267 Å². The molecule has 806 valence electrons. The zero-order valence-electron chi connectivity index (χ0n) is 86.6. The number of halogens is 4. The van der Waals surface area contributed by atoms with Gasteiger partial charge in [0, 0.05) is 95.7 Å². The predicted octanol–water partition coefficient (Wildman–Crippen LogP) is 23.1. The molecular weight excluding hydrogens is 2010 g/mol. The van der Waals surface area contributed by atoms with Gasteiger partial charge in [0.1, 0.15) is 13.2 Å². The molecule has 0 aliphatic carbocycles. The van der Waals surface area contributed by atoms with Crippen molar-refractivity contribution in [1.82, 2.24) is 19.5 Å². The maximum Gasteiger partial charge on any atom is 0.416 e. The number of rotatable bonds is 31. The van der Waals surface area contributed by atoms with E-state index in [2.05, 4.69) is 75.0 Å². The Morgan fingerprint density at radius 2 is 0.662 bits per heavy atom. The molecule has 9 amide bonds. The van der Waals surface area contributed by atoms with Crippen LogP contribution in [0.25, 0.3) is 0 Å². The lowest BCUT2D eigenvalue weighted by molar-refractivity contribution is -0.137. The molecule has 11 aromatic rings. The van der Waals surface area contributed by atoms with Crippen LogP contribution in [-0.4, -0.2) is 147 Å². The van der Waals surface area contributed by atoms with Gasteiger partial charge >= 0.3 is 42.6 Å². The van der Waals surface area contributed by atoms with E-state index in [1.54, 1.807) is 126 Å². The number of alkyl halides is 4. The fourth-order valence-electron chi connectivity index (χ4n) is 11.4. The van der Waals surface area contributed by atoms with Crippen molar-refractivity contribution in [3.63, 3.8) is 0 Å². The Morgan fingerprint density at radius 1 is 0.338 bits per heavy atom. The van der Waals surface area contributed by atoms with E-state index in [0.29, 0.717) is 72.6 Å². The molecule has 0 atom stereocenters. The van der Waals surface area contributed by atoms with Gasteiger partial charge in [-0.1, -0.05) is 161 Å². The van der Waals surface area contributed by atoms with Crippen molar-refractivity contribution in [1.29, 1.82) is 0 Å². The van der Waals surface area contributed by atoms with Crippen LogP contribution in [0.2, 0.25) is 0 Å². The van der Waals surface area contributed by atoms with E-state index in [0.717, 1.165) is 96.9 Å². The molecule has 0 bridgehead atoms. The van der Waals surface area contributed by atoms with Crippen molar-refractivity contribution < 1.29 is 104 Å². The highest BCUT2D eigenvalue weighted by molar-refractivity contribution is 7.92. The maximum absolute atomic E-state index is 12.6. The van der Waals surface area contributed by atoms with E-state index < -0.39 is 88.8 Å². The SMILES string of the molecule is CCC(=O)Nc1cccc(C)c1.CCCOC(=O)Nc1ccc(C)cc1.CCCS(=O)(=O)Nc1cccc(C)c1.CCNS(=O)(=O)Nc1cccc(C)c1.CCOC(=O)NC(=O)Nc1cccc(C)c1.CNS(=O)(=O)Nc1cccc(C)c1.COCCOC(=O)Nc1cccc(C)c1.Cc1cccc(NC(=O)Nc2cccc(C(F)(F)F)c2)c1.Cc1cccc(NC(=O)OCCCl)c1.Cc1cccc(NS(=O)(=O)NC(C)C)c1. The van der Waals surface area contributed by atoms with Crippen molar-refractivity contribution in [2.24, 2.45) is 0 Å². The van der Waals surface area contributed by atoms with E-state index in [9.17, 15) is 80.4 Å². The lowest BCUT2D eigenvalue weighted by atomic mass is 10.2. The van der Waals surface area contributed by atoms with Crippen molar-refractivity contribution in [3.8, 4) is 0 Å². The molecule has 0 heterocycles. The highest BCUT2D eigenvalue weighted by Gasteiger charge is 2.31. The fraction of sp³-hybridized carbons (Fsp3) is 0.305. The number of amides is 9. The monoisotopic (exact) mass is 2150 g/mol. The van der Waals surface area contributed by atoms with Crippen LogP contribution < -0.4 is 75.6 Å². The van der Waals surface area contributed by atoms with E-state index in [-0.39, 0.29) is 43.2 Å². The minimum atomic E-state index is -4.44. The topological polar surface area (TPSA) is 483 Å². The van der Waals surface area contributed by atoms with Gasteiger partial charge in [0.15, 0.2) is 0 Å². The standard InChI is InChI=1S/C15H13F3N2O.C11H14N2O3.C11H15NO3.C11H15NO2.C10H12ClNO2.C10H16N2O2S.C10H15NO2S.C10H13NO.C9H14N2O2S.C8H12N2O2S/c1-10-4-2-6-12(8-10)19-14(21)20-13-7-3-5-11(9-13)15(16,17)18;1-3-16-11(15)13-10(14)12-9-6-4-5-8(2)7-9;1-9-4-3-5-10(8-9)12-11(13)15-7-6-14-2;1-3-8-14-11(13)12-10-6-4-9(2)5-7-10;1-8-3-2-4-9(7-8)12-10(13)14-6-5-11;1-8(2)11-15(13,14)12-10-6-4-5-9(3)7-10;1-3-7-14(12,13)11-10-6-4-5-9(2)8-10;1-3-10(12)11-9-6-4-5-8(2)7-9;1-3-10-14(12,13)11-9-6-4-5-8(2)7-9;1-7-4-3-5-8(6-7)10-13(11,12)9-2/h2-9H,1H3,(H2,19,20,21);4-7H,3H2,1-2H3,(H2,12,13,14,15);3-5,8H,6-7H2,1-2H3,(H,12,13);4-7H,3,8H2,1-2H3,(H,12,13);2-4,7H,5-6H2,1H3,(H,12,13);4-8,11-12H,1-3H3;4-6,8,11H,3,7H2,1-2H3;4-7H,3H2,1-2H3,(H,11,12);4-7,10-11H,3H2,1-2H3;3-6,9-10H,1-2H3. The van der Waals surface area contributed by atoms with Gasteiger partial charge in [-0.25, -0.2) is 47.2 Å². The summed E-state index contributed by atoms with van der Waals surface area (Å²) in [7, 11) is -10.5. The summed E-state index contributed by atoms with van der Waals surface area (Å²) in [5.74, 6) is 0.530. The van der Waals surface area contributed by atoms with Crippen LogP contribution in [-0.2, 0) is 75.3 Å². The van der Waals surface area contributed by atoms with E-state index in [1.807, 2.05) is 247 Å². The molecule has 0 unspecified atom stereocenters. The van der Waals surface area contributed by atoms with E-state index in [1.165, 1.54) is 19.2 Å². The second kappa shape index (κ2) is 70.4. The minimum Gasteiger partial charge on any atom is -0.450 e. The zero-order chi connectivity index (χ0) is 111. The molecule has 11 aromatic carbocycles. The number of aryl methyl sites for hydroxylation is 10. The third kappa shape index (κ3) is 63.8. The van der Waals surface area contributed by atoms with Gasteiger partial charge in [-0.05, 0) is 292 Å². The number of nitrogens with one attached hydrogen (secondary N) is 15. The van der Waals surface area contributed by atoms with Crippen LogP contribution >= 0.6 is 11.6 Å². The Morgan fingerprint density at radius 3 is 1.00 bits per heavy atom.